The lowest BCUT2D eigenvalue weighted by Gasteiger charge is -1.96. The van der Waals surface area contributed by atoms with Crippen LogP contribution in [0.5, 0.6) is 0 Å². The average molecular weight is 259 g/mol. The molecule has 0 N–H and O–H groups in total. The number of rotatable bonds is 1. The van der Waals surface area contributed by atoms with Crippen molar-refractivity contribution in [2.24, 2.45) is 0 Å². The zero-order valence-electron chi connectivity index (χ0n) is 6.37. The van der Waals surface area contributed by atoms with Crippen molar-refractivity contribution in [3.05, 3.63) is 34.1 Å². The van der Waals surface area contributed by atoms with E-state index in [2.05, 4.69) is 26.1 Å². The van der Waals surface area contributed by atoms with Gasteiger partial charge in [-0.2, -0.15) is 0 Å². The van der Waals surface area contributed by atoms with Crippen LogP contribution in [-0.2, 0) is 0 Å². The van der Waals surface area contributed by atoms with Crippen LogP contribution in [-0.4, -0.2) is 10.2 Å². The van der Waals surface area contributed by atoms with Gasteiger partial charge in [0.1, 0.15) is 0 Å². The van der Waals surface area contributed by atoms with Gasteiger partial charge < -0.3 is 4.42 Å². The van der Waals surface area contributed by atoms with Crippen LogP contribution in [0.4, 0.5) is 0 Å². The van der Waals surface area contributed by atoms with Crippen LogP contribution in [0.3, 0.4) is 0 Å². The van der Waals surface area contributed by atoms with Crippen molar-refractivity contribution < 1.29 is 4.42 Å². The molecular formula is C8H4BrClN2O. The monoisotopic (exact) mass is 258 g/mol. The van der Waals surface area contributed by atoms with Gasteiger partial charge in [0.05, 0.1) is 5.56 Å². The highest BCUT2D eigenvalue weighted by Crippen LogP contribution is 2.27. The van der Waals surface area contributed by atoms with Crippen LogP contribution >= 0.6 is 27.5 Å². The fourth-order valence-corrected chi connectivity index (χ4v) is 1.51. The Kier molecular flexibility index (Phi) is 2.33. The van der Waals surface area contributed by atoms with Gasteiger partial charge in [-0.15, -0.1) is 5.10 Å². The van der Waals surface area contributed by atoms with Crippen molar-refractivity contribution >= 4 is 27.5 Å². The van der Waals surface area contributed by atoms with E-state index < -0.39 is 0 Å². The standard InChI is InChI=1S/C8H4BrClN2O/c9-6-4-2-1-3-5(6)7-11-12-8(10)13-7/h1-4H. The first-order valence-corrected chi connectivity index (χ1v) is 4.68. The van der Waals surface area contributed by atoms with Crippen molar-refractivity contribution in [2.75, 3.05) is 0 Å². The Morgan fingerprint density at radius 1 is 1.23 bits per heavy atom. The average Bonchev–Trinajstić information content (AvgIpc) is 2.53. The van der Waals surface area contributed by atoms with Gasteiger partial charge >= 0.3 is 5.35 Å². The van der Waals surface area contributed by atoms with Crippen molar-refractivity contribution in [3.63, 3.8) is 0 Å². The van der Waals surface area contributed by atoms with Crippen LogP contribution in [0, 0.1) is 0 Å². The van der Waals surface area contributed by atoms with E-state index in [1.165, 1.54) is 0 Å². The molecule has 3 nitrogen and oxygen atoms in total. The number of aromatic nitrogens is 2. The number of hydrogen-bond donors (Lipinski definition) is 0. The summed E-state index contributed by atoms with van der Waals surface area (Å²) in [6.07, 6.45) is 0. The molecule has 0 unspecified atom stereocenters. The lowest BCUT2D eigenvalue weighted by atomic mass is 10.2. The molecule has 0 aliphatic rings. The molecule has 0 saturated carbocycles. The second kappa shape index (κ2) is 3.47. The Morgan fingerprint density at radius 2 is 2.00 bits per heavy atom. The molecule has 0 saturated heterocycles. The van der Waals surface area contributed by atoms with E-state index in [0.717, 1.165) is 10.0 Å². The maximum absolute atomic E-state index is 5.51. The SMILES string of the molecule is Clc1nnc(-c2ccccc2Br)o1. The third-order valence-corrected chi connectivity index (χ3v) is 2.35. The smallest absolute Gasteiger partial charge is 0.313 e. The van der Waals surface area contributed by atoms with E-state index in [-0.39, 0.29) is 5.35 Å². The highest BCUT2D eigenvalue weighted by molar-refractivity contribution is 9.10. The summed E-state index contributed by atoms with van der Waals surface area (Å²) in [6, 6.07) is 7.56. The third kappa shape index (κ3) is 1.73. The Morgan fingerprint density at radius 3 is 2.62 bits per heavy atom. The van der Waals surface area contributed by atoms with Crippen LogP contribution in [0.1, 0.15) is 0 Å². The van der Waals surface area contributed by atoms with Gasteiger partial charge in [0, 0.05) is 4.47 Å². The van der Waals surface area contributed by atoms with E-state index in [0.29, 0.717) is 5.89 Å². The predicted octanol–water partition coefficient (Wildman–Crippen LogP) is 3.15. The summed E-state index contributed by atoms with van der Waals surface area (Å²) < 4.78 is 5.96. The number of benzene rings is 1. The van der Waals surface area contributed by atoms with Crippen LogP contribution in [0.25, 0.3) is 11.5 Å². The van der Waals surface area contributed by atoms with Crippen molar-refractivity contribution in [2.45, 2.75) is 0 Å². The quantitative estimate of drug-likeness (QED) is 0.790. The third-order valence-electron chi connectivity index (χ3n) is 1.50. The van der Waals surface area contributed by atoms with Crippen molar-refractivity contribution in [1.29, 1.82) is 0 Å². The van der Waals surface area contributed by atoms with E-state index >= 15 is 0 Å². The largest absolute Gasteiger partial charge is 0.407 e. The first-order valence-electron chi connectivity index (χ1n) is 3.51. The van der Waals surface area contributed by atoms with E-state index in [1.54, 1.807) is 0 Å². The summed E-state index contributed by atoms with van der Waals surface area (Å²) >= 11 is 8.88. The Bertz CT molecular complexity index is 430. The first kappa shape index (κ1) is 8.72. The molecule has 2 rings (SSSR count). The highest BCUT2D eigenvalue weighted by Gasteiger charge is 2.08. The normalized spacial score (nSPS) is 10.3. The summed E-state index contributed by atoms with van der Waals surface area (Å²) in [7, 11) is 0. The fraction of sp³-hybridized carbons (Fsp3) is 0. The molecule has 0 radical (unpaired) electrons. The van der Waals surface area contributed by atoms with Gasteiger partial charge in [0.15, 0.2) is 0 Å². The molecule has 0 spiro atoms. The summed E-state index contributed by atoms with van der Waals surface area (Å²) in [5, 5.41) is 7.38. The molecule has 0 aliphatic heterocycles. The second-order valence-corrected chi connectivity index (χ2v) is 3.52. The van der Waals surface area contributed by atoms with Gasteiger partial charge in [0.25, 0.3) is 0 Å². The molecule has 0 aliphatic carbocycles. The fourth-order valence-electron chi connectivity index (χ4n) is 0.949. The summed E-state index contributed by atoms with van der Waals surface area (Å²) in [4.78, 5) is 0. The molecule has 66 valence electrons. The second-order valence-electron chi connectivity index (χ2n) is 2.34. The molecule has 13 heavy (non-hydrogen) atoms. The Labute approximate surface area is 87.9 Å². The van der Waals surface area contributed by atoms with Crippen molar-refractivity contribution in [1.82, 2.24) is 10.2 Å². The van der Waals surface area contributed by atoms with Gasteiger partial charge in [-0.3, -0.25) is 0 Å². The molecule has 5 heteroatoms. The number of halogens is 2. The minimum Gasteiger partial charge on any atom is -0.407 e. The molecule has 0 bridgehead atoms. The van der Waals surface area contributed by atoms with E-state index in [4.69, 9.17) is 16.0 Å². The topological polar surface area (TPSA) is 38.9 Å². The summed E-state index contributed by atoms with van der Waals surface area (Å²) in [5.41, 5.74) is 0.835. The lowest BCUT2D eigenvalue weighted by molar-refractivity contribution is 0.570. The van der Waals surface area contributed by atoms with Crippen molar-refractivity contribution in [3.8, 4) is 11.5 Å². The Hall–Kier alpha value is -0.870. The molecule has 0 atom stereocenters. The minimum atomic E-state index is 0.0470. The molecule has 1 aromatic heterocycles. The lowest BCUT2D eigenvalue weighted by Crippen LogP contribution is -1.78. The predicted molar refractivity (Wildman–Crippen MR) is 52.4 cm³/mol. The Balaban J connectivity index is 2.52. The van der Waals surface area contributed by atoms with Crippen LogP contribution in [0.2, 0.25) is 5.35 Å². The molecule has 1 heterocycles. The minimum absolute atomic E-state index is 0.0470. The summed E-state index contributed by atoms with van der Waals surface area (Å²) in [6.45, 7) is 0. The maximum atomic E-state index is 5.51. The molecular weight excluding hydrogens is 255 g/mol. The zero-order valence-corrected chi connectivity index (χ0v) is 8.71. The number of nitrogens with zero attached hydrogens (tertiary/aromatic N) is 2. The van der Waals surface area contributed by atoms with E-state index in [9.17, 15) is 0 Å². The number of hydrogen-bond acceptors (Lipinski definition) is 3. The van der Waals surface area contributed by atoms with Gasteiger partial charge in [-0.05, 0) is 39.7 Å². The molecule has 1 aromatic carbocycles. The first-order chi connectivity index (χ1) is 6.27. The van der Waals surface area contributed by atoms with Crippen LogP contribution in [0.15, 0.2) is 33.2 Å². The summed E-state index contributed by atoms with van der Waals surface area (Å²) in [5.74, 6) is 0.414. The zero-order chi connectivity index (χ0) is 9.26. The molecule has 2 aromatic rings. The highest BCUT2D eigenvalue weighted by atomic mass is 79.9. The molecule has 0 fully saturated rings. The van der Waals surface area contributed by atoms with Gasteiger partial charge in [-0.25, -0.2) is 0 Å². The maximum Gasteiger partial charge on any atom is 0.313 e. The van der Waals surface area contributed by atoms with Crippen LogP contribution < -0.4 is 0 Å². The van der Waals surface area contributed by atoms with Gasteiger partial charge in [-0.1, -0.05) is 17.2 Å². The van der Waals surface area contributed by atoms with E-state index in [1.807, 2.05) is 24.3 Å². The molecule has 0 amide bonds. The van der Waals surface area contributed by atoms with Gasteiger partial charge in [0.2, 0.25) is 5.89 Å².